The molecule has 4 nitrogen and oxygen atoms in total. The molecule has 0 saturated carbocycles. The van der Waals surface area contributed by atoms with E-state index < -0.39 is 0 Å². The fourth-order valence-electron chi connectivity index (χ4n) is 1.77. The lowest BCUT2D eigenvalue weighted by Crippen LogP contribution is -2.00. The number of ether oxygens (including phenoxy) is 1. The molecule has 0 radical (unpaired) electrons. The van der Waals surface area contributed by atoms with Crippen LogP contribution >= 0.6 is 0 Å². The van der Waals surface area contributed by atoms with Gasteiger partial charge < -0.3 is 10.5 Å². The Labute approximate surface area is 107 Å². The maximum atomic E-state index is 5.81. The van der Waals surface area contributed by atoms with Gasteiger partial charge in [0, 0.05) is 17.3 Å². The second-order valence-electron chi connectivity index (χ2n) is 4.09. The van der Waals surface area contributed by atoms with Crippen molar-refractivity contribution in [2.75, 3.05) is 12.8 Å². The van der Waals surface area contributed by atoms with Crippen molar-refractivity contribution < 1.29 is 4.74 Å². The smallest absolute Gasteiger partial charge is 0.161 e. The summed E-state index contributed by atoms with van der Waals surface area (Å²) < 4.78 is 5.13. The highest BCUT2D eigenvalue weighted by Crippen LogP contribution is 2.20. The number of hydrogen-bond acceptors (Lipinski definition) is 4. The number of anilines is 1. The van der Waals surface area contributed by atoms with Crippen molar-refractivity contribution in [3.63, 3.8) is 0 Å². The summed E-state index contributed by atoms with van der Waals surface area (Å²) in [4.78, 5) is 8.78. The predicted octanol–water partition coefficient (Wildman–Crippen LogP) is 2.69. The summed E-state index contributed by atoms with van der Waals surface area (Å²) in [6, 6.07) is 9.48. The molecule has 94 valence electrons. The van der Waals surface area contributed by atoms with Gasteiger partial charge in [-0.25, -0.2) is 9.97 Å². The standard InChI is InChI=1S/C14H17N3O/c1-3-4-11-9-13(15)17-14(16-11)10-5-7-12(18-2)8-6-10/h5-9H,3-4H2,1-2H3,(H2,15,16,17). The molecule has 1 heterocycles. The Morgan fingerprint density at radius 1 is 1.17 bits per heavy atom. The molecule has 0 bridgehead atoms. The second kappa shape index (κ2) is 5.49. The van der Waals surface area contributed by atoms with Crippen molar-refractivity contribution >= 4 is 5.82 Å². The van der Waals surface area contributed by atoms with Crippen LogP contribution in [0.1, 0.15) is 19.0 Å². The van der Waals surface area contributed by atoms with E-state index in [-0.39, 0.29) is 0 Å². The summed E-state index contributed by atoms with van der Waals surface area (Å²) in [6.07, 6.45) is 1.95. The minimum Gasteiger partial charge on any atom is -0.497 e. The quantitative estimate of drug-likeness (QED) is 0.896. The molecule has 2 aromatic rings. The average Bonchev–Trinajstić information content (AvgIpc) is 2.38. The van der Waals surface area contributed by atoms with Gasteiger partial charge in [-0.3, -0.25) is 0 Å². The van der Waals surface area contributed by atoms with Crippen LogP contribution in [0.5, 0.6) is 5.75 Å². The minimum absolute atomic E-state index is 0.513. The fourth-order valence-corrected chi connectivity index (χ4v) is 1.77. The van der Waals surface area contributed by atoms with Crippen molar-refractivity contribution in [2.45, 2.75) is 19.8 Å². The van der Waals surface area contributed by atoms with E-state index in [0.29, 0.717) is 11.6 Å². The largest absolute Gasteiger partial charge is 0.497 e. The molecule has 0 fully saturated rings. The van der Waals surface area contributed by atoms with Crippen molar-refractivity contribution in [1.29, 1.82) is 0 Å². The lowest BCUT2D eigenvalue weighted by atomic mass is 10.2. The zero-order valence-electron chi connectivity index (χ0n) is 10.7. The first-order chi connectivity index (χ1) is 8.72. The van der Waals surface area contributed by atoms with E-state index in [0.717, 1.165) is 29.8 Å². The lowest BCUT2D eigenvalue weighted by Gasteiger charge is -2.06. The summed E-state index contributed by atoms with van der Waals surface area (Å²) in [5, 5.41) is 0. The Morgan fingerprint density at radius 2 is 1.89 bits per heavy atom. The molecule has 0 aliphatic carbocycles. The van der Waals surface area contributed by atoms with Gasteiger partial charge >= 0.3 is 0 Å². The van der Waals surface area contributed by atoms with Crippen LogP contribution in [0.2, 0.25) is 0 Å². The van der Waals surface area contributed by atoms with E-state index in [2.05, 4.69) is 16.9 Å². The van der Waals surface area contributed by atoms with Crippen molar-refractivity contribution in [3.05, 3.63) is 36.0 Å². The van der Waals surface area contributed by atoms with Crippen LogP contribution in [0.4, 0.5) is 5.82 Å². The Morgan fingerprint density at radius 3 is 2.50 bits per heavy atom. The summed E-state index contributed by atoms with van der Waals surface area (Å²) >= 11 is 0. The minimum atomic E-state index is 0.513. The maximum absolute atomic E-state index is 5.81. The topological polar surface area (TPSA) is 61.0 Å². The van der Waals surface area contributed by atoms with Gasteiger partial charge in [0.2, 0.25) is 0 Å². The van der Waals surface area contributed by atoms with Crippen LogP contribution in [-0.2, 0) is 6.42 Å². The van der Waals surface area contributed by atoms with Crippen LogP contribution in [-0.4, -0.2) is 17.1 Å². The van der Waals surface area contributed by atoms with Gasteiger partial charge in [-0.1, -0.05) is 13.3 Å². The summed E-state index contributed by atoms with van der Waals surface area (Å²) in [6.45, 7) is 2.12. The number of nitrogens with two attached hydrogens (primary N) is 1. The molecule has 0 spiro atoms. The van der Waals surface area contributed by atoms with Gasteiger partial charge in [0.05, 0.1) is 7.11 Å². The first kappa shape index (κ1) is 12.4. The van der Waals surface area contributed by atoms with Crippen molar-refractivity contribution in [2.24, 2.45) is 0 Å². The van der Waals surface area contributed by atoms with Crippen LogP contribution in [0.15, 0.2) is 30.3 Å². The first-order valence-electron chi connectivity index (χ1n) is 6.00. The molecule has 0 aliphatic heterocycles. The first-order valence-corrected chi connectivity index (χ1v) is 6.00. The van der Waals surface area contributed by atoms with E-state index >= 15 is 0 Å². The molecule has 1 aromatic heterocycles. The van der Waals surface area contributed by atoms with Crippen molar-refractivity contribution in [3.8, 4) is 17.1 Å². The van der Waals surface area contributed by atoms with Gasteiger partial charge in [-0.2, -0.15) is 0 Å². The number of methoxy groups -OCH3 is 1. The Hall–Kier alpha value is -2.10. The zero-order valence-corrected chi connectivity index (χ0v) is 10.7. The normalized spacial score (nSPS) is 10.3. The van der Waals surface area contributed by atoms with Gasteiger partial charge in [-0.15, -0.1) is 0 Å². The van der Waals surface area contributed by atoms with Crippen LogP contribution in [0.25, 0.3) is 11.4 Å². The average molecular weight is 243 g/mol. The van der Waals surface area contributed by atoms with E-state index in [1.54, 1.807) is 7.11 Å². The van der Waals surface area contributed by atoms with E-state index in [1.807, 2.05) is 30.3 Å². The van der Waals surface area contributed by atoms with Crippen LogP contribution in [0.3, 0.4) is 0 Å². The number of benzene rings is 1. The molecule has 1 aromatic carbocycles. The Balaban J connectivity index is 2.36. The number of aryl methyl sites for hydroxylation is 1. The maximum Gasteiger partial charge on any atom is 0.161 e. The van der Waals surface area contributed by atoms with Gasteiger partial charge in [-0.05, 0) is 30.7 Å². The molecular weight excluding hydrogens is 226 g/mol. The number of aromatic nitrogens is 2. The molecule has 0 unspecified atom stereocenters. The molecule has 0 saturated heterocycles. The highest BCUT2D eigenvalue weighted by Gasteiger charge is 2.05. The van der Waals surface area contributed by atoms with Crippen LogP contribution in [0, 0.1) is 0 Å². The van der Waals surface area contributed by atoms with Gasteiger partial charge in [0.1, 0.15) is 11.6 Å². The summed E-state index contributed by atoms with van der Waals surface area (Å²) in [7, 11) is 1.64. The van der Waals surface area contributed by atoms with Gasteiger partial charge in [0.25, 0.3) is 0 Å². The zero-order chi connectivity index (χ0) is 13.0. The van der Waals surface area contributed by atoms with E-state index in [9.17, 15) is 0 Å². The van der Waals surface area contributed by atoms with Gasteiger partial charge in [0.15, 0.2) is 5.82 Å². The molecular formula is C14H17N3O. The fraction of sp³-hybridized carbons (Fsp3) is 0.286. The molecule has 0 amide bonds. The molecule has 18 heavy (non-hydrogen) atoms. The third-order valence-electron chi connectivity index (χ3n) is 2.65. The van der Waals surface area contributed by atoms with E-state index in [4.69, 9.17) is 10.5 Å². The predicted molar refractivity (Wildman–Crippen MR) is 72.4 cm³/mol. The number of nitrogen functional groups attached to an aromatic ring is 1. The second-order valence-corrected chi connectivity index (χ2v) is 4.09. The third-order valence-corrected chi connectivity index (χ3v) is 2.65. The number of hydrogen-bond donors (Lipinski definition) is 1. The van der Waals surface area contributed by atoms with E-state index in [1.165, 1.54) is 0 Å². The summed E-state index contributed by atoms with van der Waals surface area (Å²) in [5.74, 6) is 2.00. The highest BCUT2D eigenvalue weighted by atomic mass is 16.5. The molecule has 0 aliphatic rings. The molecule has 0 atom stereocenters. The highest BCUT2D eigenvalue weighted by molar-refractivity contribution is 5.58. The van der Waals surface area contributed by atoms with Crippen molar-refractivity contribution in [1.82, 2.24) is 9.97 Å². The summed E-state index contributed by atoms with van der Waals surface area (Å²) in [5.41, 5.74) is 7.73. The third kappa shape index (κ3) is 2.77. The Bertz CT molecular complexity index is 523. The number of rotatable bonds is 4. The SMILES string of the molecule is CCCc1cc(N)nc(-c2ccc(OC)cc2)n1. The van der Waals surface area contributed by atoms with Crippen LogP contribution < -0.4 is 10.5 Å². The molecule has 2 N–H and O–H groups in total. The monoisotopic (exact) mass is 243 g/mol. The lowest BCUT2D eigenvalue weighted by molar-refractivity contribution is 0.415. The molecule has 2 rings (SSSR count). The number of nitrogens with zero attached hydrogens (tertiary/aromatic N) is 2. The molecule has 4 heteroatoms. The Kier molecular flexibility index (Phi) is 3.77.